The Morgan fingerprint density at radius 3 is 2.28 bits per heavy atom. The fourth-order valence-electron chi connectivity index (χ4n) is 4.25. The molecule has 0 aliphatic carbocycles. The molecular weight excluding hydrogens is 398 g/mol. The molecule has 3 aromatic rings. The smallest absolute Gasteiger partial charge is 0.241 e. The van der Waals surface area contributed by atoms with E-state index in [1.807, 2.05) is 24.3 Å². The van der Waals surface area contributed by atoms with Crippen molar-refractivity contribution in [3.63, 3.8) is 0 Å². The second kappa shape index (κ2) is 9.41. The van der Waals surface area contributed by atoms with Gasteiger partial charge >= 0.3 is 0 Å². The zero-order chi connectivity index (χ0) is 22.7. The number of aryl methyl sites for hydroxylation is 2. The average Bonchev–Trinajstić information content (AvgIpc) is 2.72. The SMILES string of the molecule is Cc1cccc(C)c1-c1cccc(COc2ccc(/C(=C/C(N)=O)C3CCO3)cc2)c1C. The van der Waals surface area contributed by atoms with Crippen molar-refractivity contribution in [2.24, 2.45) is 5.73 Å². The van der Waals surface area contributed by atoms with E-state index in [1.54, 1.807) is 0 Å². The molecule has 1 amide bonds. The van der Waals surface area contributed by atoms with Crippen molar-refractivity contribution >= 4 is 11.5 Å². The summed E-state index contributed by atoms with van der Waals surface area (Å²) in [5.41, 5.74) is 14.6. The molecule has 1 atom stereocenters. The normalized spacial score (nSPS) is 15.8. The van der Waals surface area contributed by atoms with Crippen molar-refractivity contribution in [1.29, 1.82) is 0 Å². The molecule has 1 aliphatic heterocycles. The molecule has 0 spiro atoms. The quantitative estimate of drug-likeness (QED) is 0.505. The highest BCUT2D eigenvalue weighted by Gasteiger charge is 2.24. The van der Waals surface area contributed by atoms with Crippen molar-refractivity contribution < 1.29 is 14.3 Å². The van der Waals surface area contributed by atoms with E-state index in [0.29, 0.717) is 13.2 Å². The summed E-state index contributed by atoms with van der Waals surface area (Å²) in [6.45, 7) is 7.66. The average molecular weight is 428 g/mol. The lowest BCUT2D eigenvalue weighted by Gasteiger charge is -2.29. The van der Waals surface area contributed by atoms with E-state index in [2.05, 4.69) is 57.2 Å². The van der Waals surface area contributed by atoms with Crippen molar-refractivity contribution in [1.82, 2.24) is 0 Å². The Hall–Kier alpha value is -3.37. The van der Waals surface area contributed by atoms with Gasteiger partial charge in [0.2, 0.25) is 5.91 Å². The highest BCUT2D eigenvalue weighted by atomic mass is 16.5. The second-order valence-corrected chi connectivity index (χ2v) is 8.32. The first-order chi connectivity index (χ1) is 15.4. The van der Waals surface area contributed by atoms with E-state index in [0.717, 1.165) is 28.9 Å². The van der Waals surface area contributed by atoms with Crippen LogP contribution in [-0.2, 0) is 16.1 Å². The van der Waals surface area contributed by atoms with Crippen LogP contribution in [0.25, 0.3) is 16.7 Å². The minimum atomic E-state index is -0.463. The van der Waals surface area contributed by atoms with Gasteiger partial charge in [-0.05, 0) is 77.4 Å². The van der Waals surface area contributed by atoms with Crippen LogP contribution in [0.4, 0.5) is 0 Å². The fraction of sp³-hybridized carbons (Fsp3) is 0.250. The fourth-order valence-corrected chi connectivity index (χ4v) is 4.25. The number of hydrogen-bond donors (Lipinski definition) is 1. The maximum Gasteiger partial charge on any atom is 0.241 e. The Labute approximate surface area is 189 Å². The van der Waals surface area contributed by atoms with Crippen LogP contribution in [0, 0.1) is 20.8 Å². The van der Waals surface area contributed by atoms with Gasteiger partial charge in [0.25, 0.3) is 0 Å². The predicted octanol–water partition coefficient (Wildman–Crippen LogP) is 5.52. The number of ether oxygens (including phenoxy) is 2. The number of carbonyl (C=O) groups is 1. The van der Waals surface area contributed by atoms with Gasteiger partial charge in [-0.15, -0.1) is 0 Å². The molecule has 0 saturated carbocycles. The highest BCUT2D eigenvalue weighted by Crippen LogP contribution is 2.32. The zero-order valence-electron chi connectivity index (χ0n) is 18.9. The minimum Gasteiger partial charge on any atom is -0.489 e. The van der Waals surface area contributed by atoms with Gasteiger partial charge in [0, 0.05) is 12.5 Å². The lowest BCUT2D eigenvalue weighted by Crippen LogP contribution is -2.29. The third-order valence-electron chi connectivity index (χ3n) is 6.12. The number of nitrogens with two attached hydrogens (primary N) is 1. The Balaban J connectivity index is 1.51. The van der Waals surface area contributed by atoms with Crippen molar-refractivity contribution in [2.75, 3.05) is 6.61 Å². The number of carbonyl (C=O) groups excluding carboxylic acids is 1. The summed E-state index contributed by atoms with van der Waals surface area (Å²) in [5, 5.41) is 0. The van der Waals surface area contributed by atoms with E-state index in [4.69, 9.17) is 15.2 Å². The maximum absolute atomic E-state index is 11.4. The molecule has 1 aliphatic rings. The highest BCUT2D eigenvalue weighted by molar-refractivity contribution is 5.95. The Bertz CT molecular complexity index is 1140. The van der Waals surface area contributed by atoms with E-state index in [9.17, 15) is 4.79 Å². The first kappa shape index (κ1) is 21.8. The lowest BCUT2D eigenvalue weighted by atomic mass is 9.91. The Morgan fingerprint density at radius 1 is 1.03 bits per heavy atom. The summed E-state index contributed by atoms with van der Waals surface area (Å²) < 4.78 is 11.7. The summed E-state index contributed by atoms with van der Waals surface area (Å²) in [7, 11) is 0. The first-order valence-corrected chi connectivity index (χ1v) is 10.9. The van der Waals surface area contributed by atoms with E-state index >= 15 is 0 Å². The van der Waals surface area contributed by atoms with Crippen LogP contribution < -0.4 is 10.5 Å². The van der Waals surface area contributed by atoms with Crippen molar-refractivity contribution in [3.8, 4) is 16.9 Å². The monoisotopic (exact) mass is 427 g/mol. The molecule has 164 valence electrons. The van der Waals surface area contributed by atoms with Gasteiger partial charge in [0.05, 0.1) is 12.7 Å². The minimum absolute atomic E-state index is 0.0652. The third-order valence-corrected chi connectivity index (χ3v) is 6.12. The third kappa shape index (κ3) is 4.61. The molecular formula is C28H29NO3. The van der Waals surface area contributed by atoms with Gasteiger partial charge in [0.15, 0.2) is 0 Å². The standard InChI is InChI=1S/C28H29NO3/c1-18-6-4-7-19(2)28(18)24-9-5-8-22(20(24)3)17-32-23-12-10-21(11-13-23)25(16-27(29)30)26-14-15-31-26/h4-13,16,26H,14-15,17H2,1-3H3,(H2,29,30)/b25-16-. The van der Waals surface area contributed by atoms with Crippen molar-refractivity contribution in [2.45, 2.75) is 39.9 Å². The van der Waals surface area contributed by atoms with Gasteiger partial charge in [0.1, 0.15) is 12.4 Å². The molecule has 4 nitrogen and oxygen atoms in total. The zero-order valence-corrected chi connectivity index (χ0v) is 18.9. The molecule has 0 radical (unpaired) electrons. The molecule has 32 heavy (non-hydrogen) atoms. The molecule has 3 aromatic carbocycles. The molecule has 1 heterocycles. The largest absolute Gasteiger partial charge is 0.489 e. The van der Waals surface area contributed by atoms with Crippen molar-refractivity contribution in [3.05, 3.63) is 94.6 Å². The number of hydrogen-bond acceptors (Lipinski definition) is 3. The lowest BCUT2D eigenvalue weighted by molar-refractivity contribution is -0.113. The Kier molecular flexibility index (Phi) is 6.42. The molecule has 0 aromatic heterocycles. The van der Waals surface area contributed by atoms with Gasteiger partial charge in [-0.2, -0.15) is 0 Å². The summed E-state index contributed by atoms with van der Waals surface area (Å²) in [6.07, 6.45) is 2.29. The van der Waals surface area contributed by atoms with E-state index in [-0.39, 0.29) is 6.10 Å². The van der Waals surface area contributed by atoms with Gasteiger partial charge in [-0.3, -0.25) is 4.79 Å². The molecule has 1 fully saturated rings. The molecule has 0 bridgehead atoms. The number of benzene rings is 3. The van der Waals surface area contributed by atoms with Gasteiger partial charge in [-0.1, -0.05) is 48.5 Å². The topological polar surface area (TPSA) is 61.5 Å². The summed E-state index contributed by atoms with van der Waals surface area (Å²) in [5.74, 6) is 0.314. The van der Waals surface area contributed by atoms with E-state index < -0.39 is 5.91 Å². The number of rotatable bonds is 7. The van der Waals surface area contributed by atoms with E-state index in [1.165, 1.54) is 33.9 Å². The van der Waals surface area contributed by atoms with Crippen LogP contribution in [0.2, 0.25) is 0 Å². The van der Waals surface area contributed by atoms with Crippen LogP contribution >= 0.6 is 0 Å². The van der Waals surface area contributed by atoms with Gasteiger partial charge in [-0.25, -0.2) is 0 Å². The molecule has 1 unspecified atom stereocenters. The second-order valence-electron chi connectivity index (χ2n) is 8.32. The van der Waals surface area contributed by atoms with Crippen LogP contribution in [0.1, 0.15) is 34.2 Å². The maximum atomic E-state index is 11.4. The molecule has 4 heteroatoms. The van der Waals surface area contributed by atoms with Crippen LogP contribution in [0.5, 0.6) is 5.75 Å². The summed E-state index contributed by atoms with van der Waals surface area (Å²) in [4.78, 5) is 11.4. The van der Waals surface area contributed by atoms with Gasteiger partial charge < -0.3 is 15.2 Å². The van der Waals surface area contributed by atoms with Crippen LogP contribution in [0.3, 0.4) is 0 Å². The number of primary amides is 1. The Morgan fingerprint density at radius 2 is 1.69 bits per heavy atom. The predicted molar refractivity (Wildman–Crippen MR) is 128 cm³/mol. The molecule has 2 N–H and O–H groups in total. The summed E-state index contributed by atoms with van der Waals surface area (Å²) >= 11 is 0. The van der Waals surface area contributed by atoms with Crippen LogP contribution in [0.15, 0.2) is 66.7 Å². The first-order valence-electron chi connectivity index (χ1n) is 10.9. The number of amides is 1. The summed E-state index contributed by atoms with van der Waals surface area (Å²) in [6, 6.07) is 20.5. The molecule has 1 saturated heterocycles. The van der Waals surface area contributed by atoms with Crippen LogP contribution in [-0.4, -0.2) is 18.6 Å². The molecule has 4 rings (SSSR count).